The minimum Gasteiger partial charge on any atom is -0.493 e. The highest BCUT2D eigenvalue weighted by Gasteiger charge is 2.24. The Morgan fingerprint density at radius 2 is 1.70 bits per heavy atom. The molecule has 0 aliphatic carbocycles. The van der Waals surface area contributed by atoms with Gasteiger partial charge in [-0.15, -0.1) is 0 Å². The molecule has 3 rings (SSSR count). The molecule has 33 heavy (non-hydrogen) atoms. The summed E-state index contributed by atoms with van der Waals surface area (Å²) in [5, 5.41) is 7.01. The van der Waals surface area contributed by atoms with Gasteiger partial charge in [-0.25, -0.2) is 4.68 Å². The van der Waals surface area contributed by atoms with E-state index in [0.717, 1.165) is 0 Å². The van der Waals surface area contributed by atoms with Crippen LogP contribution in [0.1, 0.15) is 34.2 Å². The van der Waals surface area contributed by atoms with Gasteiger partial charge in [0.15, 0.2) is 17.2 Å². The fourth-order valence-corrected chi connectivity index (χ4v) is 3.33. The number of aryl methyl sites for hydroxylation is 1. The standard InChI is InChI=1S/C24H25N3O6/c1-15-12-19(28)23(26-27(15)17-8-6-5-7-9-17)24(30)25-18(14-22(29)33-4)16-10-11-20(31-2)21(13-16)32-3/h5-13,18H,14H2,1-4H3,(H,25,30). The van der Waals surface area contributed by atoms with Gasteiger partial charge < -0.3 is 19.5 Å². The van der Waals surface area contributed by atoms with E-state index in [1.54, 1.807) is 25.1 Å². The Morgan fingerprint density at radius 1 is 1.00 bits per heavy atom. The van der Waals surface area contributed by atoms with Gasteiger partial charge >= 0.3 is 5.97 Å². The molecule has 1 atom stereocenters. The third-order valence-electron chi connectivity index (χ3n) is 5.04. The number of hydrogen-bond acceptors (Lipinski definition) is 7. The summed E-state index contributed by atoms with van der Waals surface area (Å²) >= 11 is 0. The van der Waals surface area contributed by atoms with Crippen LogP contribution in [0.3, 0.4) is 0 Å². The van der Waals surface area contributed by atoms with Crippen molar-refractivity contribution in [3.63, 3.8) is 0 Å². The maximum atomic E-state index is 13.1. The highest BCUT2D eigenvalue weighted by Crippen LogP contribution is 2.31. The maximum absolute atomic E-state index is 13.1. The molecule has 1 amide bonds. The molecule has 0 bridgehead atoms. The second-order valence-corrected chi connectivity index (χ2v) is 7.17. The molecule has 0 saturated heterocycles. The van der Waals surface area contributed by atoms with Crippen LogP contribution >= 0.6 is 0 Å². The summed E-state index contributed by atoms with van der Waals surface area (Å²) < 4.78 is 16.9. The van der Waals surface area contributed by atoms with E-state index in [1.165, 1.54) is 32.1 Å². The monoisotopic (exact) mass is 451 g/mol. The molecular weight excluding hydrogens is 426 g/mol. The van der Waals surface area contributed by atoms with Gasteiger partial charge in [-0.1, -0.05) is 24.3 Å². The lowest BCUT2D eigenvalue weighted by Gasteiger charge is -2.20. The average molecular weight is 451 g/mol. The van der Waals surface area contributed by atoms with Crippen molar-refractivity contribution in [1.82, 2.24) is 15.1 Å². The van der Waals surface area contributed by atoms with Crippen molar-refractivity contribution in [2.75, 3.05) is 21.3 Å². The molecular formula is C24H25N3O6. The molecule has 0 spiro atoms. The number of aromatic nitrogens is 2. The smallest absolute Gasteiger partial charge is 0.307 e. The number of carbonyl (C=O) groups is 2. The second-order valence-electron chi connectivity index (χ2n) is 7.17. The largest absolute Gasteiger partial charge is 0.493 e. The van der Waals surface area contributed by atoms with Crippen molar-refractivity contribution in [2.24, 2.45) is 0 Å². The van der Waals surface area contributed by atoms with Gasteiger partial charge in [0.2, 0.25) is 5.43 Å². The van der Waals surface area contributed by atoms with Crippen molar-refractivity contribution in [3.05, 3.63) is 81.8 Å². The van der Waals surface area contributed by atoms with Crippen LogP contribution < -0.4 is 20.2 Å². The van der Waals surface area contributed by atoms with Crippen molar-refractivity contribution in [3.8, 4) is 17.2 Å². The van der Waals surface area contributed by atoms with Crippen LogP contribution in [0.25, 0.3) is 5.69 Å². The summed E-state index contributed by atoms with van der Waals surface area (Å²) in [7, 11) is 4.25. The van der Waals surface area contributed by atoms with Gasteiger partial charge in [-0.2, -0.15) is 5.10 Å². The third-order valence-corrected chi connectivity index (χ3v) is 5.04. The van der Waals surface area contributed by atoms with E-state index in [0.29, 0.717) is 28.4 Å². The lowest BCUT2D eigenvalue weighted by atomic mass is 10.0. The van der Waals surface area contributed by atoms with Gasteiger partial charge in [-0.05, 0) is 36.8 Å². The summed E-state index contributed by atoms with van der Waals surface area (Å²) in [6, 6.07) is 14.7. The Balaban J connectivity index is 1.98. The highest BCUT2D eigenvalue weighted by molar-refractivity contribution is 5.92. The van der Waals surface area contributed by atoms with Crippen LogP contribution in [-0.4, -0.2) is 43.0 Å². The van der Waals surface area contributed by atoms with E-state index in [9.17, 15) is 14.4 Å². The second kappa shape index (κ2) is 10.4. The van der Waals surface area contributed by atoms with Crippen molar-refractivity contribution >= 4 is 11.9 Å². The third kappa shape index (κ3) is 5.38. The van der Waals surface area contributed by atoms with E-state index in [1.807, 2.05) is 30.3 Å². The lowest BCUT2D eigenvalue weighted by molar-refractivity contribution is -0.141. The predicted octanol–water partition coefficient (Wildman–Crippen LogP) is 2.59. The Morgan fingerprint density at radius 3 is 2.33 bits per heavy atom. The van der Waals surface area contributed by atoms with Crippen LogP contribution in [0.4, 0.5) is 0 Å². The highest BCUT2D eigenvalue weighted by atomic mass is 16.5. The molecule has 172 valence electrons. The summed E-state index contributed by atoms with van der Waals surface area (Å²) in [6.45, 7) is 1.73. The summed E-state index contributed by atoms with van der Waals surface area (Å²) in [6.07, 6.45) is -0.156. The fourth-order valence-electron chi connectivity index (χ4n) is 3.33. The van der Waals surface area contributed by atoms with Gasteiger partial charge in [-0.3, -0.25) is 14.4 Å². The zero-order valence-corrected chi connectivity index (χ0v) is 18.8. The number of carbonyl (C=O) groups excluding carboxylic acids is 2. The molecule has 0 radical (unpaired) electrons. The SMILES string of the molecule is COC(=O)CC(NC(=O)c1nn(-c2ccccc2)c(C)cc1=O)c1ccc(OC)c(OC)c1. The quantitative estimate of drug-likeness (QED) is 0.525. The van der Waals surface area contributed by atoms with Gasteiger partial charge in [0.25, 0.3) is 5.91 Å². The van der Waals surface area contributed by atoms with Crippen LogP contribution in [0.5, 0.6) is 11.5 Å². The summed E-state index contributed by atoms with van der Waals surface area (Å²) in [5.41, 5.74) is 1.03. The van der Waals surface area contributed by atoms with E-state index in [2.05, 4.69) is 10.4 Å². The molecule has 3 aromatic rings. The van der Waals surface area contributed by atoms with E-state index < -0.39 is 23.3 Å². The number of amides is 1. The van der Waals surface area contributed by atoms with Crippen LogP contribution in [0.2, 0.25) is 0 Å². The van der Waals surface area contributed by atoms with Crippen molar-refractivity contribution in [2.45, 2.75) is 19.4 Å². The van der Waals surface area contributed by atoms with Gasteiger partial charge in [0.1, 0.15) is 0 Å². The first-order valence-electron chi connectivity index (χ1n) is 10.1. The first kappa shape index (κ1) is 23.5. The number of methoxy groups -OCH3 is 3. The molecule has 1 unspecified atom stereocenters. The number of para-hydroxylation sites is 1. The molecule has 9 heteroatoms. The molecule has 1 aromatic heterocycles. The Hall–Kier alpha value is -4.14. The number of rotatable bonds is 8. The maximum Gasteiger partial charge on any atom is 0.307 e. The molecule has 1 N–H and O–H groups in total. The molecule has 0 fully saturated rings. The van der Waals surface area contributed by atoms with Gasteiger partial charge in [0, 0.05) is 11.8 Å². The van der Waals surface area contributed by atoms with Crippen LogP contribution in [0.15, 0.2) is 59.4 Å². The predicted molar refractivity (Wildman–Crippen MR) is 121 cm³/mol. The first-order valence-corrected chi connectivity index (χ1v) is 10.1. The zero-order valence-electron chi connectivity index (χ0n) is 18.8. The zero-order chi connectivity index (χ0) is 24.0. The molecule has 0 aliphatic heterocycles. The number of benzene rings is 2. The van der Waals surface area contributed by atoms with E-state index in [-0.39, 0.29) is 12.1 Å². The molecule has 1 heterocycles. The first-order chi connectivity index (χ1) is 15.9. The Kier molecular flexibility index (Phi) is 7.45. The van der Waals surface area contributed by atoms with E-state index >= 15 is 0 Å². The van der Waals surface area contributed by atoms with Crippen molar-refractivity contribution < 1.29 is 23.8 Å². The fraction of sp³-hybridized carbons (Fsp3) is 0.250. The normalized spacial score (nSPS) is 11.4. The molecule has 0 aliphatic rings. The van der Waals surface area contributed by atoms with E-state index in [4.69, 9.17) is 14.2 Å². The van der Waals surface area contributed by atoms with Crippen LogP contribution in [-0.2, 0) is 9.53 Å². The molecule has 0 saturated carbocycles. The molecule has 9 nitrogen and oxygen atoms in total. The van der Waals surface area contributed by atoms with Crippen LogP contribution in [0, 0.1) is 6.92 Å². The minimum atomic E-state index is -0.794. The average Bonchev–Trinajstić information content (AvgIpc) is 2.83. The number of esters is 1. The topological polar surface area (TPSA) is 109 Å². The summed E-state index contributed by atoms with van der Waals surface area (Å²) in [4.78, 5) is 37.7. The Bertz CT molecular complexity index is 1210. The number of nitrogens with zero attached hydrogens (tertiary/aromatic N) is 2. The molecule has 2 aromatic carbocycles. The lowest BCUT2D eigenvalue weighted by Crippen LogP contribution is -2.35. The summed E-state index contributed by atoms with van der Waals surface area (Å²) in [5.74, 6) is -0.323. The number of ether oxygens (including phenoxy) is 3. The van der Waals surface area contributed by atoms with Gasteiger partial charge in [0.05, 0.1) is 39.5 Å². The minimum absolute atomic E-state index is 0.156. The number of hydrogen-bond donors (Lipinski definition) is 1. The number of nitrogens with one attached hydrogen (secondary N) is 1. The van der Waals surface area contributed by atoms with Crippen molar-refractivity contribution in [1.29, 1.82) is 0 Å². The Labute approximate surface area is 190 Å².